The topological polar surface area (TPSA) is 73.0 Å². The second-order valence-electron chi connectivity index (χ2n) is 9.54. The van der Waals surface area contributed by atoms with Crippen molar-refractivity contribution in [2.75, 3.05) is 26.7 Å². The molecule has 2 fully saturated rings. The Kier molecular flexibility index (Phi) is 7.22. The van der Waals surface area contributed by atoms with E-state index in [0.29, 0.717) is 38.9 Å². The summed E-state index contributed by atoms with van der Waals surface area (Å²) in [6, 6.07) is 5.79. The van der Waals surface area contributed by atoms with E-state index in [1.54, 1.807) is 18.0 Å². The standard InChI is InChI=1S/C24H35FN4O3/c1-16(2)21(30)26-20(18-7-6-8-19(25)15-18)9-12-28-13-10-24(11-14-28)22(31)27(5)23(32)29(24)17(3)4/h6-8,15-17,20H,9-14H2,1-5H3,(H,26,30)/t20-/m0/s1. The minimum atomic E-state index is -0.760. The van der Waals surface area contributed by atoms with Crippen molar-refractivity contribution in [1.29, 1.82) is 0 Å². The number of nitrogens with zero attached hydrogens (tertiary/aromatic N) is 3. The van der Waals surface area contributed by atoms with E-state index in [0.717, 1.165) is 5.56 Å². The summed E-state index contributed by atoms with van der Waals surface area (Å²) in [6.45, 7) is 9.63. The molecule has 0 aliphatic carbocycles. The molecule has 1 atom stereocenters. The zero-order valence-electron chi connectivity index (χ0n) is 19.7. The van der Waals surface area contributed by atoms with Gasteiger partial charge in [0, 0.05) is 38.6 Å². The lowest BCUT2D eigenvalue weighted by molar-refractivity contribution is -0.135. The first-order valence-corrected chi connectivity index (χ1v) is 11.5. The molecular formula is C24H35FN4O3. The molecule has 2 aliphatic heterocycles. The highest BCUT2D eigenvalue weighted by molar-refractivity contribution is 6.07. The Hall–Kier alpha value is -2.48. The molecule has 4 amide bonds. The summed E-state index contributed by atoms with van der Waals surface area (Å²) >= 11 is 0. The van der Waals surface area contributed by atoms with E-state index < -0.39 is 5.54 Å². The molecule has 3 rings (SSSR count). The largest absolute Gasteiger partial charge is 0.349 e. The normalized spacial score (nSPS) is 20.0. The Morgan fingerprint density at radius 3 is 2.38 bits per heavy atom. The number of amides is 4. The van der Waals surface area contributed by atoms with Crippen molar-refractivity contribution >= 4 is 17.8 Å². The summed E-state index contributed by atoms with van der Waals surface area (Å²) in [6.07, 6.45) is 1.81. The molecule has 2 aliphatic rings. The lowest BCUT2D eigenvalue weighted by Crippen LogP contribution is -2.58. The number of hydrogen-bond acceptors (Lipinski definition) is 4. The SMILES string of the molecule is CC(C)C(=O)N[C@@H](CCN1CCC2(CC1)C(=O)N(C)C(=O)N2C(C)C)c1cccc(F)c1. The second kappa shape index (κ2) is 9.57. The lowest BCUT2D eigenvalue weighted by atomic mass is 9.85. The van der Waals surface area contributed by atoms with Crippen molar-refractivity contribution in [3.05, 3.63) is 35.6 Å². The quantitative estimate of drug-likeness (QED) is 0.653. The summed E-state index contributed by atoms with van der Waals surface area (Å²) in [7, 11) is 1.56. The first kappa shape index (κ1) is 24.2. The van der Waals surface area contributed by atoms with E-state index in [2.05, 4.69) is 10.2 Å². The molecule has 1 N–H and O–H groups in total. The summed E-state index contributed by atoms with van der Waals surface area (Å²) in [5.41, 5.74) is -0.0127. The van der Waals surface area contributed by atoms with E-state index in [4.69, 9.17) is 0 Å². The Labute approximate surface area is 189 Å². The molecular weight excluding hydrogens is 411 g/mol. The molecule has 0 unspecified atom stereocenters. The number of piperidine rings is 1. The summed E-state index contributed by atoms with van der Waals surface area (Å²) < 4.78 is 13.8. The molecule has 1 aromatic carbocycles. The van der Waals surface area contributed by atoms with Gasteiger partial charge in [-0.2, -0.15) is 0 Å². The van der Waals surface area contributed by atoms with Gasteiger partial charge in [0.05, 0.1) is 6.04 Å². The van der Waals surface area contributed by atoms with Crippen molar-refractivity contribution in [2.45, 2.75) is 64.6 Å². The van der Waals surface area contributed by atoms with Gasteiger partial charge in [-0.15, -0.1) is 0 Å². The summed E-state index contributed by atoms with van der Waals surface area (Å²) in [4.78, 5) is 43.1. The van der Waals surface area contributed by atoms with E-state index in [-0.39, 0.29) is 41.7 Å². The first-order chi connectivity index (χ1) is 15.1. The number of nitrogens with one attached hydrogen (secondary N) is 1. The third-order valence-electron chi connectivity index (χ3n) is 6.68. The highest BCUT2D eigenvalue weighted by Crippen LogP contribution is 2.38. The van der Waals surface area contributed by atoms with E-state index in [1.165, 1.54) is 17.0 Å². The van der Waals surface area contributed by atoms with Crippen molar-refractivity contribution < 1.29 is 18.8 Å². The maximum Gasteiger partial charge on any atom is 0.327 e. The predicted molar refractivity (Wildman–Crippen MR) is 120 cm³/mol. The average Bonchev–Trinajstić information content (AvgIpc) is 2.93. The monoisotopic (exact) mass is 446 g/mol. The molecule has 176 valence electrons. The molecule has 1 aromatic rings. The number of imide groups is 1. The van der Waals surface area contributed by atoms with Crippen molar-refractivity contribution in [3.63, 3.8) is 0 Å². The molecule has 2 heterocycles. The maximum atomic E-state index is 13.8. The smallest absolute Gasteiger partial charge is 0.327 e. The highest BCUT2D eigenvalue weighted by Gasteiger charge is 2.57. The Morgan fingerprint density at radius 1 is 1.16 bits per heavy atom. The summed E-state index contributed by atoms with van der Waals surface area (Å²) in [5, 5.41) is 3.04. The lowest BCUT2D eigenvalue weighted by Gasteiger charge is -2.44. The molecule has 32 heavy (non-hydrogen) atoms. The Balaban J connectivity index is 1.67. The zero-order chi connectivity index (χ0) is 23.6. The molecule has 1 spiro atoms. The van der Waals surface area contributed by atoms with Crippen molar-refractivity contribution in [3.8, 4) is 0 Å². The van der Waals surface area contributed by atoms with Crippen LogP contribution < -0.4 is 5.32 Å². The number of urea groups is 1. The van der Waals surface area contributed by atoms with E-state index >= 15 is 0 Å². The molecule has 0 saturated carbocycles. The number of halogens is 1. The number of benzene rings is 1. The van der Waals surface area contributed by atoms with Crippen LogP contribution in [0.5, 0.6) is 0 Å². The number of carbonyl (C=O) groups is 3. The minimum Gasteiger partial charge on any atom is -0.349 e. The van der Waals surface area contributed by atoms with Crippen LogP contribution in [-0.2, 0) is 9.59 Å². The fourth-order valence-electron chi connectivity index (χ4n) is 4.86. The van der Waals surface area contributed by atoms with Crippen LogP contribution in [0.25, 0.3) is 0 Å². The van der Waals surface area contributed by atoms with Gasteiger partial charge in [0.15, 0.2) is 0 Å². The van der Waals surface area contributed by atoms with Gasteiger partial charge in [-0.1, -0.05) is 26.0 Å². The van der Waals surface area contributed by atoms with Gasteiger partial charge in [0.25, 0.3) is 5.91 Å². The van der Waals surface area contributed by atoms with Gasteiger partial charge in [0.2, 0.25) is 5.91 Å². The number of likely N-dealkylation sites (N-methyl/N-ethyl adjacent to an activating group) is 1. The first-order valence-electron chi connectivity index (χ1n) is 11.5. The third-order valence-corrected chi connectivity index (χ3v) is 6.68. The molecule has 0 aromatic heterocycles. The van der Waals surface area contributed by atoms with Crippen LogP contribution >= 0.6 is 0 Å². The molecule has 7 nitrogen and oxygen atoms in total. The van der Waals surface area contributed by atoms with Gasteiger partial charge in [-0.05, 0) is 50.8 Å². The van der Waals surface area contributed by atoms with Crippen LogP contribution in [0.3, 0.4) is 0 Å². The predicted octanol–water partition coefficient (Wildman–Crippen LogP) is 3.17. The average molecular weight is 447 g/mol. The fourth-order valence-corrected chi connectivity index (χ4v) is 4.86. The number of hydrogen-bond donors (Lipinski definition) is 1. The van der Waals surface area contributed by atoms with Crippen molar-refractivity contribution in [2.24, 2.45) is 5.92 Å². The van der Waals surface area contributed by atoms with Crippen LogP contribution in [-0.4, -0.2) is 70.8 Å². The van der Waals surface area contributed by atoms with Crippen molar-refractivity contribution in [1.82, 2.24) is 20.0 Å². The van der Waals surface area contributed by atoms with Gasteiger partial charge < -0.3 is 15.1 Å². The van der Waals surface area contributed by atoms with Crippen LogP contribution in [0.4, 0.5) is 9.18 Å². The van der Waals surface area contributed by atoms with Crippen LogP contribution in [0.15, 0.2) is 24.3 Å². The van der Waals surface area contributed by atoms with E-state index in [9.17, 15) is 18.8 Å². The van der Waals surface area contributed by atoms with Gasteiger partial charge >= 0.3 is 6.03 Å². The number of carbonyl (C=O) groups excluding carboxylic acids is 3. The van der Waals surface area contributed by atoms with Crippen LogP contribution in [0.1, 0.15) is 58.6 Å². The molecule has 0 bridgehead atoms. The number of likely N-dealkylation sites (tertiary alicyclic amines) is 1. The molecule has 0 radical (unpaired) electrons. The van der Waals surface area contributed by atoms with Crippen LogP contribution in [0, 0.1) is 11.7 Å². The van der Waals surface area contributed by atoms with Gasteiger partial charge in [0.1, 0.15) is 11.4 Å². The third kappa shape index (κ3) is 4.65. The zero-order valence-corrected chi connectivity index (χ0v) is 19.7. The Bertz CT molecular complexity index is 865. The number of rotatable bonds is 7. The highest BCUT2D eigenvalue weighted by atomic mass is 19.1. The van der Waals surface area contributed by atoms with E-state index in [1.807, 2.05) is 33.8 Å². The summed E-state index contributed by atoms with van der Waals surface area (Å²) in [5.74, 6) is -0.667. The van der Waals surface area contributed by atoms with Gasteiger partial charge in [-0.3, -0.25) is 14.5 Å². The second-order valence-corrected chi connectivity index (χ2v) is 9.54. The van der Waals surface area contributed by atoms with Gasteiger partial charge in [-0.25, -0.2) is 9.18 Å². The molecule has 2 saturated heterocycles. The fraction of sp³-hybridized carbons (Fsp3) is 0.625. The van der Waals surface area contributed by atoms with Crippen LogP contribution in [0.2, 0.25) is 0 Å². The maximum absolute atomic E-state index is 13.8. The molecule has 8 heteroatoms. The Morgan fingerprint density at radius 2 is 1.81 bits per heavy atom. The minimum absolute atomic E-state index is 0.0495.